The zero-order chi connectivity index (χ0) is 17.8. The summed E-state index contributed by atoms with van der Waals surface area (Å²) in [4.78, 5) is 0. The van der Waals surface area contributed by atoms with E-state index in [0.29, 0.717) is 19.8 Å². The Labute approximate surface area is 148 Å². The zero-order valence-electron chi connectivity index (χ0n) is 15.2. The maximum Gasteiger partial charge on any atom is 0.161 e. The summed E-state index contributed by atoms with van der Waals surface area (Å²) in [7, 11) is 0. The van der Waals surface area contributed by atoms with E-state index in [2.05, 4.69) is 29.5 Å². The number of rotatable bonds is 6. The van der Waals surface area contributed by atoms with Crippen molar-refractivity contribution in [1.82, 2.24) is 15.1 Å². The van der Waals surface area contributed by atoms with Crippen LogP contribution in [0.4, 0.5) is 0 Å². The molecule has 0 amide bonds. The van der Waals surface area contributed by atoms with Crippen LogP contribution >= 0.6 is 0 Å². The van der Waals surface area contributed by atoms with Gasteiger partial charge < -0.3 is 19.9 Å². The van der Waals surface area contributed by atoms with Crippen molar-refractivity contribution in [3.63, 3.8) is 0 Å². The van der Waals surface area contributed by atoms with Crippen molar-refractivity contribution in [3.05, 3.63) is 40.7 Å². The number of hydrogen-bond donors (Lipinski definition) is 2. The molecule has 2 heterocycles. The molecule has 6 heteroatoms. The zero-order valence-corrected chi connectivity index (χ0v) is 15.2. The highest BCUT2D eigenvalue weighted by molar-refractivity contribution is 5.44. The number of aromatic nitrogens is 2. The summed E-state index contributed by atoms with van der Waals surface area (Å²) in [5.41, 5.74) is 4.46. The van der Waals surface area contributed by atoms with E-state index in [-0.39, 0.29) is 12.6 Å². The summed E-state index contributed by atoms with van der Waals surface area (Å²) in [5.74, 6) is 1.65. The van der Waals surface area contributed by atoms with Gasteiger partial charge in [0.15, 0.2) is 11.5 Å². The molecule has 0 saturated heterocycles. The highest BCUT2D eigenvalue weighted by atomic mass is 16.5. The van der Waals surface area contributed by atoms with Gasteiger partial charge in [0.25, 0.3) is 0 Å². The number of nitrogens with zero attached hydrogens (tertiary/aromatic N) is 2. The molecule has 0 spiro atoms. The van der Waals surface area contributed by atoms with E-state index in [0.717, 1.165) is 35.9 Å². The average Bonchev–Trinajstić information content (AvgIpc) is 2.79. The summed E-state index contributed by atoms with van der Waals surface area (Å²) in [6.45, 7) is 8.96. The maximum atomic E-state index is 9.13. The minimum absolute atomic E-state index is 0.0996. The third-order valence-corrected chi connectivity index (χ3v) is 4.70. The molecule has 1 aliphatic heterocycles. The van der Waals surface area contributed by atoms with Crippen molar-refractivity contribution in [2.24, 2.45) is 0 Å². The molecule has 3 rings (SSSR count). The number of ether oxygens (including phenoxy) is 2. The standard InChI is InChI=1S/C19H27N3O3/c1-13(16-5-6-18-19(11-16)25-10-4-9-24-18)20-12-17-14(2)21-22(7-8-23)15(17)3/h5-6,11,13,20,23H,4,7-10,12H2,1-3H3. The van der Waals surface area contributed by atoms with Crippen molar-refractivity contribution in [2.75, 3.05) is 19.8 Å². The Bertz CT molecular complexity index is 727. The van der Waals surface area contributed by atoms with Gasteiger partial charge in [-0.05, 0) is 38.5 Å². The maximum absolute atomic E-state index is 9.13. The summed E-state index contributed by atoms with van der Waals surface area (Å²) in [6.07, 6.45) is 0.911. The van der Waals surface area contributed by atoms with Gasteiger partial charge in [-0.1, -0.05) is 6.07 Å². The molecule has 1 aromatic carbocycles. The van der Waals surface area contributed by atoms with E-state index in [1.165, 1.54) is 11.1 Å². The van der Waals surface area contributed by atoms with Crippen LogP contribution in [0.3, 0.4) is 0 Å². The van der Waals surface area contributed by atoms with Crippen molar-refractivity contribution >= 4 is 0 Å². The van der Waals surface area contributed by atoms with E-state index < -0.39 is 0 Å². The highest BCUT2D eigenvalue weighted by Crippen LogP contribution is 2.32. The van der Waals surface area contributed by atoms with Gasteiger partial charge in [-0.3, -0.25) is 4.68 Å². The monoisotopic (exact) mass is 345 g/mol. The van der Waals surface area contributed by atoms with Crippen LogP contribution in [0, 0.1) is 13.8 Å². The molecule has 1 aliphatic rings. The number of fused-ring (bicyclic) bond motifs is 1. The van der Waals surface area contributed by atoms with Gasteiger partial charge in [-0.15, -0.1) is 0 Å². The molecule has 25 heavy (non-hydrogen) atoms. The van der Waals surface area contributed by atoms with Crippen molar-refractivity contribution in [1.29, 1.82) is 0 Å². The van der Waals surface area contributed by atoms with Crippen molar-refractivity contribution in [3.8, 4) is 11.5 Å². The minimum Gasteiger partial charge on any atom is -0.490 e. The summed E-state index contributed by atoms with van der Waals surface area (Å²) < 4.78 is 13.3. The molecular formula is C19H27N3O3. The Morgan fingerprint density at radius 2 is 2.00 bits per heavy atom. The average molecular weight is 345 g/mol. The Morgan fingerprint density at radius 3 is 2.76 bits per heavy atom. The van der Waals surface area contributed by atoms with E-state index >= 15 is 0 Å². The second-order valence-electron chi connectivity index (χ2n) is 6.46. The Kier molecular flexibility index (Phi) is 5.60. The lowest BCUT2D eigenvalue weighted by molar-refractivity contribution is 0.267. The van der Waals surface area contributed by atoms with Gasteiger partial charge in [0.1, 0.15) is 0 Å². The lowest BCUT2D eigenvalue weighted by Gasteiger charge is -2.17. The van der Waals surface area contributed by atoms with Gasteiger partial charge in [0.05, 0.1) is 32.1 Å². The predicted octanol–water partition coefficient (Wildman–Crippen LogP) is 2.50. The van der Waals surface area contributed by atoms with Crippen LogP contribution in [0.1, 0.15) is 41.9 Å². The highest BCUT2D eigenvalue weighted by Gasteiger charge is 2.15. The first-order valence-electron chi connectivity index (χ1n) is 8.87. The van der Waals surface area contributed by atoms with Gasteiger partial charge >= 0.3 is 0 Å². The Morgan fingerprint density at radius 1 is 1.24 bits per heavy atom. The molecular weight excluding hydrogens is 318 g/mol. The fourth-order valence-corrected chi connectivity index (χ4v) is 3.12. The number of aliphatic hydroxyl groups is 1. The fraction of sp³-hybridized carbons (Fsp3) is 0.526. The lowest BCUT2D eigenvalue weighted by atomic mass is 10.1. The molecule has 0 radical (unpaired) electrons. The molecule has 2 aromatic rings. The van der Waals surface area contributed by atoms with Crippen LogP contribution < -0.4 is 14.8 Å². The molecule has 0 saturated carbocycles. The molecule has 1 atom stereocenters. The molecule has 1 unspecified atom stereocenters. The first-order chi connectivity index (χ1) is 12.1. The number of hydrogen-bond acceptors (Lipinski definition) is 5. The fourth-order valence-electron chi connectivity index (χ4n) is 3.12. The van der Waals surface area contributed by atoms with Gasteiger partial charge in [0, 0.05) is 30.3 Å². The largest absolute Gasteiger partial charge is 0.490 e. The van der Waals surface area contributed by atoms with Gasteiger partial charge in [-0.25, -0.2) is 0 Å². The van der Waals surface area contributed by atoms with E-state index in [1.54, 1.807) is 0 Å². The SMILES string of the molecule is Cc1nn(CCO)c(C)c1CNC(C)c1ccc2c(c1)OCCCO2. The summed E-state index contributed by atoms with van der Waals surface area (Å²) >= 11 is 0. The normalized spacial score (nSPS) is 15.0. The molecule has 0 fully saturated rings. The van der Waals surface area contributed by atoms with Crippen molar-refractivity contribution in [2.45, 2.75) is 46.3 Å². The topological polar surface area (TPSA) is 68.5 Å². The van der Waals surface area contributed by atoms with Crippen LogP contribution in [0.25, 0.3) is 0 Å². The third kappa shape index (κ3) is 3.96. The van der Waals surface area contributed by atoms with Crippen molar-refractivity contribution < 1.29 is 14.6 Å². The number of aliphatic hydroxyl groups excluding tert-OH is 1. The Hall–Kier alpha value is -2.05. The van der Waals surface area contributed by atoms with Crippen LogP contribution in [0.15, 0.2) is 18.2 Å². The smallest absolute Gasteiger partial charge is 0.161 e. The molecule has 136 valence electrons. The van der Waals surface area contributed by atoms with Crippen LogP contribution in [-0.4, -0.2) is 34.7 Å². The second-order valence-corrected chi connectivity index (χ2v) is 6.46. The van der Waals surface area contributed by atoms with Crippen LogP contribution in [0.5, 0.6) is 11.5 Å². The molecule has 0 aliphatic carbocycles. The first kappa shape index (κ1) is 17.8. The molecule has 6 nitrogen and oxygen atoms in total. The van der Waals surface area contributed by atoms with E-state index in [9.17, 15) is 0 Å². The minimum atomic E-state index is 0.0996. The first-order valence-corrected chi connectivity index (χ1v) is 8.87. The van der Waals surface area contributed by atoms with Crippen LogP contribution in [0.2, 0.25) is 0 Å². The predicted molar refractivity (Wildman–Crippen MR) is 96.1 cm³/mol. The lowest BCUT2D eigenvalue weighted by Crippen LogP contribution is -2.19. The Balaban J connectivity index is 1.69. The van der Waals surface area contributed by atoms with Gasteiger partial charge in [-0.2, -0.15) is 5.10 Å². The summed E-state index contributed by atoms with van der Waals surface area (Å²) in [5, 5.41) is 17.2. The quantitative estimate of drug-likeness (QED) is 0.842. The van der Waals surface area contributed by atoms with Gasteiger partial charge in [0.2, 0.25) is 0 Å². The number of aryl methyl sites for hydroxylation is 1. The van der Waals surface area contributed by atoms with E-state index in [4.69, 9.17) is 14.6 Å². The molecule has 2 N–H and O–H groups in total. The second kappa shape index (κ2) is 7.89. The van der Waals surface area contributed by atoms with Crippen LogP contribution in [-0.2, 0) is 13.1 Å². The molecule has 0 bridgehead atoms. The summed E-state index contributed by atoms with van der Waals surface area (Å²) in [6, 6.07) is 6.31. The number of nitrogens with one attached hydrogen (secondary N) is 1. The molecule has 1 aromatic heterocycles. The number of benzene rings is 1. The third-order valence-electron chi connectivity index (χ3n) is 4.70. The van der Waals surface area contributed by atoms with E-state index in [1.807, 2.05) is 24.6 Å².